The van der Waals surface area contributed by atoms with E-state index in [0.717, 1.165) is 0 Å². The topological polar surface area (TPSA) is 97.1 Å². The second kappa shape index (κ2) is 8.19. The average molecular weight is 250 g/mol. The number of carbonyl (C=O) groups excluding carboxylic acids is 2. The van der Waals surface area contributed by atoms with Gasteiger partial charge in [-0.2, -0.15) is 0 Å². The predicted molar refractivity (Wildman–Crippen MR) is 67.9 cm³/mol. The van der Waals surface area contributed by atoms with Gasteiger partial charge in [0, 0.05) is 31.9 Å². The van der Waals surface area contributed by atoms with Gasteiger partial charge < -0.3 is 16.4 Å². The van der Waals surface area contributed by atoms with E-state index < -0.39 is 0 Å². The molecule has 1 aromatic rings. The summed E-state index contributed by atoms with van der Waals surface area (Å²) in [5, 5.41) is 5.39. The van der Waals surface area contributed by atoms with Crippen LogP contribution in [0.5, 0.6) is 0 Å². The number of rotatable bonds is 7. The first-order chi connectivity index (χ1) is 8.74. The van der Waals surface area contributed by atoms with Crippen LogP contribution in [0.3, 0.4) is 0 Å². The summed E-state index contributed by atoms with van der Waals surface area (Å²) in [6.07, 6.45) is 4.20. The SMILES string of the molecule is NCCCC(=O)NCCNC(=O)c1cccnc1. The van der Waals surface area contributed by atoms with E-state index in [0.29, 0.717) is 38.0 Å². The molecule has 0 atom stereocenters. The normalized spacial score (nSPS) is 9.83. The molecule has 98 valence electrons. The Morgan fingerprint density at radius 1 is 1.28 bits per heavy atom. The van der Waals surface area contributed by atoms with Crippen LogP contribution in [0.2, 0.25) is 0 Å². The molecule has 0 aliphatic heterocycles. The first kappa shape index (κ1) is 14.1. The molecule has 0 saturated carbocycles. The van der Waals surface area contributed by atoms with Gasteiger partial charge in [-0.3, -0.25) is 14.6 Å². The molecule has 0 fully saturated rings. The van der Waals surface area contributed by atoms with E-state index in [4.69, 9.17) is 5.73 Å². The number of hydrogen-bond donors (Lipinski definition) is 3. The van der Waals surface area contributed by atoms with Crippen molar-refractivity contribution in [3.63, 3.8) is 0 Å². The van der Waals surface area contributed by atoms with Gasteiger partial charge in [0.25, 0.3) is 5.91 Å². The third-order valence-electron chi connectivity index (χ3n) is 2.26. The van der Waals surface area contributed by atoms with Gasteiger partial charge >= 0.3 is 0 Å². The van der Waals surface area contributed by atoms with Crippen LogP contribution in [0.25, 0.3) is 0 Å². The van der Waals surface area contributed by atoms with Crippen molar-refractivity contribution < 1.29 is 9.59 Å². The van der Waals surface area contributed by atoms with E-state index in [-0.39, 0.29) is 11.8 Å². The molecule has 6 heteroatoms. The monoisotopic (exact) mass is 250 g/mol. The Morgan fingerprint density at radius 2 is 2.06 bits per heavy atom. The number of hydrogen-bond acceptors (Lipinski definition) is 4. The lowest BCUT2D eigenvalue weighted by atomic mass is 10.2. The summed E-state index contributed by atoms with van der Waals surface area (Å²) in [6.45, 7) is 1.31. The Hall–Kier alpha value is -1.95. The number of carbonyl (C=O) groups is 2. The Morgan fingerprint density at radius 3 is 2.72 bits per heavy atom. The van der Waals surface area contributed by atoms with Gasteiger partial charge in [0.15, 0.2) is 0 Å². The Kier molecular flexibility index (Phi) is 6.42. The molecule has 6 nitrogen and oxygen atoms in total. The molecule has 0 aliphatic rings. The van der Waals surface area contributed by atoms with E-state index in [2.05, 4.69) is 15.6 Å². The first-order valence-electron chi connectivity index (χ1n) is 5.89. The maximum atomic E-state index is 11.6. The molecular weight excluding hydrogens is 232 g/mol. The zero-order valence-electron chi connectivity index (χ0n) is 10.2. The highest BCUT2D eigenvalue weighted by molar-refractivity contribution is 5.93. The van der Waals surface area contributed by atoms with Crippen molar-refractivity contribution in [1.82, 2.24) is 15.6 Å². The average Bonchev–Trinajstić information content (AvgIpc) is 2.42. The summed E-state index contributed by atoms with van der Waals surface area (Å²) in [5.41, 5.74) is 5.80. The number of nitrogens with two attached hydrogens (primary N) is 1. The van der Waals surface area contributed by atoms with E-state index >= 15 is 0 Å². The molecule has 0 aromatic carbocycles. The van der Waals surface area contributed by atoms with E-state index in [1.165, 1.54) is 6.20 Å². The Bertz CT molecular complexity index is 381. The minimum Gasteiger partial charge on any atom is -0.354 e. The molecule has 1 rings (SSSR count). The van der Waals surface area contributed by atoms with Crippen molar-refractivity contribution in [3.05, 3.63) is 30.1 Å². The highest BCUT2D eigenvalue weighted by Crippen LogP contribution is 1.94. The molecular formula is C12H18N4O2. The zero-order chi connectivity index (χ0) is 13.2. The van der Waals surface area contributed by atoms with Crippen LogP contribution in [0.1, 0.15) is 23.2 Å². The van der Waals surface area contributed by atoms with E-state index in [9.17, 15) is 9.59 Å². The van der Waals surface area contributed by atoms with Gasteiger partial charge in [-0.05, 0) is 25.1 Å². The van der Waals surface area contributed by atoms with Crippen LogP contribution < -0.4 is 16.4 Å². The molecule has 0 radical (unpaired) electrons. The van der Waals surface area contributed by atoms with Gasteiger partial charge in [-0.15, -0.1) is 0 Å². The number of nitrogens with one attached hydrogen (secondary N) is 2. The largest absolute Gasteiger partial charge is 0.354 e. The summed E-state index contributed by atoms with van der Waals surface area (Å²) >= 11 is 0. The first-order valence-corrected chi connectivity index (χ1v) is 5.89. The molecule has 0 unspecified atom stereocenters. The lowest BCUT2D eigenvalue weighted by molar-refractivity contribution is -0.121. The predicted octanol–water partition coefficient (Wildman–Crippen LogP) is -0.333. The Balaban J connectivity index is 2.15. The minimum atomic E-state index is -0.195. The summed E-state index contributed by atoms with van der Waals surface area (Å²) in [4.78, 5) is 26.7. The lowest BCUT2D eigenvalue weighted by Crippen LogP contribution is -2.34. The fourth-order valence-electron chi connectivity index (χ4n) is 1.33. The van der Waals surface area contributed by atoms with Crippen molar-refractivity contribution in [2.24, 2.45) is 5.73 Å². The maximum absolute atomic E-state index is 11.6. The van der Waals surface area contributed by atoms with E-state index in [1.54, 1.807) is 18.3 Å². The van der Waals surface area contributed by atoms with Crippen LogP contribution in [-0.2, 0) is 4.79 Å². The minimum absolute atomic E-state index is 0.0453. The molecule has 1 heterocycles. The fourth-order valence-corrected chi connectivity index (χ4v) is 1.33. The van der Waals surface area contributed by atoms with Gasteiger partial charge in [0.05, 0.1) is 5.56 Å². The van der Waals surface area contributed by atoms with Crippen LogP contribution in [0, 0.1) is 0 Å². The van der Waals surface area contributed by atoms with Gasteiger partial charge in [0.2, 0.25) is 5.91 Å². The van der Waals surface area contributed by atoms with Gasteiger partial charge in [-0.25, -0.2) is 0 Å². The van der Waals surface area contributed by atoms with Crippen LogP contribution in [0.4, 0.5) is 0 Å². The van der Waals surface area contributed by atoms with Crippen molar-refractivity contribution in [1.29, 1.82) is 0 Å². The number of pyridine rings is 1. The highest BCUT2D eigenvalue weighted by Gasteiger charge is 2.04. The third kappa shape index (κ3) is 5.40. The molecule has 0 bridgehead atoms. The molecule has 2 amide bonds. The summed E-state index contributed by atoms with van der Waals surface area (Å²) in [6, 6.07) is 3.38. The lowest BCUT2D eigenvalue weighted by Gasteiger charge is -2.06. The summed E-state index contributed by atoms with van der Waals surface area (Å²) < 4.78 is 0. The standard InChI is InChI=1S/C12H18N4O2/c13-5-1-4-11(17)15-7-8-16-12(18)10-3-2-6-14-9-10/h2-3,6,9H,1,4-5,7-8,13H2,(H,15,17)(H,16,18). The summed E-state index contributed by atoms with van der Waals surface area (Å²) in [7, 11) is 0. The van der Waals surface area contributed by atoms with E-state index in [1.807, 2.05) is 0 Å². The molecule has 18 heavy (non-hydrogen) atoms. The summed E-state index contributed by atoms with van der Waals surface area (Å²) in [5.74, 6) is -0.240. The third-order valence-corrected chi connectivity index (χ3v) is 2.26. The molecule has 0 aliphatic carbocycles. The van der Waals surface area contributed by atoms with Gasteiger partial charge in [0.1, 0.15) is 0 Å². The van der Waals surface area contributed by atoms with Crippen molar-refractivity contribution in [3.8, 4) is 0 Å². The van der Waals surface area contributed by atoms with Crippen molar-refractivity contribution in [2.75, 3.05) is 19.6 Å². The zero-order valence-corrected chi connectivity index (χ0v) is 10.2. The highest BCUT2D eigenvalue weighted by atomic mass is 16.2. The number of amides is 2. The smallest absolute Gasteiger partial charge is 0.252 e. The van der Waals surface area contributed by atoms with Crippen molar-refractivity contribution in [2.45, 2.75) is 12.8 Å². The second-order valence-electron chi connectivity index (χ2n) is 3.74. The van der Waals surface area contributed by atoms with Crippen LogP contribution in [0.15, 0.2) is 24.5 Å². The van der Waals surface area contributed by atoms with Crippen LogP contribution >= 0.6 is 0 Å². The van der Waals surface area contributed by atoms with Gasteiger partial charge in [-0.1, -0.05) is 0 Å². The quantitative estimate of drug-likeness (QED) is 0.577. The fraction of sp³-hybridized carbons (Fsp3) is 0.417. The second-order valence-corrected chi connectivity index (χ2v) is 3.74. The molecule has 0 spiro atoms. The van der Waals surface area contributed by atoms with Crippen LogP contribution in [-0.4, -0.2) is 36.4 Å². The molecule has 0 saturated heterocycles. The van der Waals surface area contributed by atoms with Crippen molar-refractivity contribution >= 4 is 11.8 Å². The molecule has 4 N–H and O–H groups in total. The number of aromatic nitrogens is 1. The molecule has 1 aromatic heterocycles. The number of nitrogens with zero attached hydrogens (tertiary/aromatic N) is 1. The Labute approximate surface area is 106 Å². The maximum Gasteiger partial charge on any atom is 0.252 e.